The third kappa shape index (κ3) is 3.47. The van der Waals surface area contributed by atoms with Crippen LogP contribution in [0.25, 0.3) is 0 Å². The minimum atomic E-state index is -0.569. The van der Waals surface area contributed by atoms with Crippen LogP contribution in [0, 0.1) is 0 Å². The predicted molar refractivity (Wildman–Crippen MR) is 79.6 cm³/mol. The summed E-state index contributed by atoms with van der Waals surface area (Å²) in [6.45, 7) is 3.09. The second-order valence-corrected chi connectivity index (χ2v) is 5.80. The zero-order chi connectivity index (χ0) is 14.7. The lowest BCUT2D eigenvalue weighted by Crippen LogP contribution is -2.51. The van der Waals surface area contributed by atoms with Crippen molar-refractivity contribution in [3.63, 3.8) is 0 Å². The zero-order valence-corrected chi connectivity index (χ0v) is 12.3. The van der Waals surface area contributed by atoms with E-state index in [2.05, 4.69) is 17.6 Å². The Labute approximate surface area is 125 Å². The first-order valence-electron chi connectivity index (χ1n) is 7.64. The molecule has 0 radical (unpaired) electrons. The number of hydrogen-bond acceptors (Lipinski definition) is 4. The summed E-state index contributed by atoms with van der Waals surface area (Å²) in [5, 5.41) is 6.47. The highest BCUT2D eigenvalue weighted by Gasteiger charge is 2.28. The molecule has 1 aromatic carbocycles. The van der Waals surface area contributed by atoms with Gasteiger partial charge < -0.3 is 20.1 Å². The summed E-state index contributed by atoms with van der Waals surface area (Å²) in [6.07, 6.45) is 2.96. The van der Waals surface area contributed by atoms with Crippen LogP contribution in [0.1, 0.15) is 26.2 Å². The van der Waals surface area contributed by atoms with Gasteiger partial charge in [0.15, 0.2) is 11.5 Å². The molecule has 21 heavy (non-hydrogen) atoms. The summed E-state index contributed by atoms with van der Waals surface area (Å²) >= 11 is 0. The molecule has 3 atom stereocenters. The van der Waals surface area contributed by atoms with Crippen molar-refractivity contribution in [3.05, 3.63) is 24.3 Å². The van der Waals surface area contributed by atoms with E-state index in [0.29, 0.717) is 30.1 Å². The van der Waals surface area contributed by atoms with E-state index in [1.165, 1.54) is 12.8 Å². The Bertz CT molecular complexity index is 506. The molecule has 2 N–H and O–H groups in total. The van der Waals surface area contributed by atoms with Gasteiger partial charge in [-0.05, 0) is 31.9 Å². The van der Waals surface area contributed by atoms with E-state index in [1.807, 2.05) is 24.3 Å². The first kappa shape index (κ1) is 14.2. The largest absolute Gasteiger partial charge is 0.485 e. The molecule has 0 aromatic heterocycles. The second-order valence-electron chi connectivity index (χ2n) is 5.80. The normalized spacial score (nSPS) is 28.0. The standard InChI is InChI=1S/C16H22N2O3/c1-11-5-4-6-12(18-11)9-17-16(19)15-10-20-13-7-2-3-8-14(13)21-15/h2-3,7-8,11-12,15,18H,4-6,9-10H2,1H3,(H,17,19). The van der Waals surface area contributed by atoms with Gasteiger partial charge in [0, 0.05) is 18.6 Å². The molecule has 2 aliphatic heterocycles. The minimum absolute atomic E-state index is 0.107. The Morgan fingerprint density at radius 1 is 1.33 bits per heavy atom. The van der Waals surface area contributed by atoms with Gasteiger partial charge in [-0.15, -0.1) is 0 Å². The van der Waals surface area contributed by atoms with Crippen molar-refractivity contribution in [1.82, 2.24) is 10.6 Å². The number of fused-ring (bicyclic) bond motifs is 1. The molecule has 3 unspecified atom stereocenters. The van der Waals surface area contributed by atoms with Crippen molar-refractivity contribution in [1.29, 1.82) is 0 Å². The average molecular weight is 290 g/mol. The van der Waals surface area contributed by atoms with Crippen LogP contribution in [-0.2, 0) is 4.79 Å². The molecule has 1 saturated heterocycles. The Balaban J connectivity index is 1.50. The number of carbonyl (C=O) groups is 1. The maximum absolute atomic E-state index is 12.2. The Kier molecular flexibility index (Phi) is 4.29. The summed E-state index contributed by atoms with van der Waals surface area (Å²) in [7, 11) is 0. The molecule has 2 heterocycles. The van der Waals surface area contributed by atoms with E-state index in [4.69, 9.17) is 9.47 Å². The van der Waals surface area contributed by atoms with Gasteiger partial charge in [-0.1, -0.05) is 18.6 Å². The highest BCUT2D eigenvalue weighted by atomic mass is 16.6. The molecule has 5 heteroatoms. The monoisotopic (exact) mass is 290 g/mol. The minimum Gasteiger partial charge on any atom is -0.485 e. The average Bonchev–Trinajstić information content (AvgIpc) is 2.52. The summed E-state index contributed by atoms with van der Waals surface area (Å²) in [4.78, 5) is 12.2. The van der Waals surface area contributed by atoms with Gasteiger partial charge in [-0.3, -0.25) is 4.79 Å². The summed E-state index contributed by atoms with van der Waals surface area (Å²) < 4.78 is 11.3. The molecule has 5 nitrogen and oxygen atoms in total. The fourth-order valence-electron chi connectivity index (χ4n) is 2.89. The number of nitrogens with one attached hydrogen (secondary N) is 2. The van der Waals surface area contributed by atoms with Crippen LogP contribution in [0.15, 0.2) is 24.3 Å². The van der Waals surface area contributed by atoms with Crippen molar-refractivity contribution in [3.8, 4) is 11.5 Å². The summed E-state index contributed by atoms with van der Waals surface area (Å²) in [5.74, 6) is 1.22. The molecule has 0 spiro atoms. The lowest BCUT2D eigenvalue weighted by molar-refractivity contribution is -0.130. The Hall–Kier alpha value is -1.75. The van der Waals surface area contributed by atoms with Crippen LogP contribution in [0.4, 0.5) is 0 Å². The van der Waals surface area contributed by atoms with Gasteiger partial charge in [0.05, 0.1) is 0 Å². The van der Waals surface area contributed by atoms with Crippen molar-refractivity contribution in [2.75, 3.05) is 13.2 Å². The van der Waals surface area contributed by atoms with E-state index in [0.717, 1.165) is 6.42 Å². The topological polar surface area (TPSA) is 59.6 Å². The maximum Gasteiger partial charge on any atom is 0.264 e. The molecule has 114 valence electrons. The highest BCUT2D eigenvalue weighted by Crippen LogP contribution is 2.30. The van der Waals surface area contributed by atoms with E-state index in [-0.39, 0.29) is 12.5 Å². The number of piperidine rings is 1. The van der Waals surface area contributed by atoms with Crippen molar-refractivity contribution >= 4 is 5.91 Å². The first-order chi connectivity index (χ1) is 10.2. The van der Waals surface area contributed by atoms with Gasteiger partial charge >= 0.3 is 0 Å². The number of carbonyl (C=O) groups excluding carboxylic acids is 1. The lowest BCUT2D eigenvalue weighted by atomic mass is 9.99. The molecule has 0 aliphatic carbocycles. The third-order valence-corrected chi connectivity index (χ3v) is 4.03. The molecule has 2 aliphatic rings. The van der Waals surface area contributed by atoms with E-state index < -0.39 is 6.10 Å². The Morgan fingerprint density at radius 2 is 2.14 bits per heavy atom. The van der Waals surface area contributed by atoms with E-state index >= 15 is 0 Å². The zero-order valence-electron chi connectivity index (χ0n) is 12.3. The molecule has 1 amide bonds. The van der Waals surface area contributed by atoms with Crippen LogP contribution in [0.5, 0.6) is 11.5 Å². The van der Waals surface area contributed by atoms with Gasteiger partial charge in [-0.2, -0.15) is 0 Å². The summed E-state index contributed by atoms with van der Waals surface area (Å²) in [6, 6.07) is 8.31. The van der Waals surface area contributed by atoms with Crippen LogP contribution in [-0.4, -0.2) is 37.2 Å². The quantitative estimate of drug-likeness (QED) is 0.885. The number of rotatable bonds is 3. The van der Waals surface area contributed by atoms with Crippen molar-refractivity contribution < 1.29 is 14.3 Å². The van der Waals surface area contributed by atoms with Crippen molar-refractivity contribution in [2.24, 2.45) is 0 Å². The molecule has 1 fully saturated rings. The number of benzene rings is 1. The van der Waals surface area contributed by atoms with Gasteiger partial charge in [0.2, 0.25) is 6.10 Å². The Morgan fingerprint density at radius 3 is 2.95 bits per heavy atom. The smallest absolute Gasteiger partial charge is 0.264 e. The van der Waals surface area contributed by atoms with Crippen LogP contribution < -0.4 is 20.1 Å². The fraction of sp³-hybridized carbons (Fsp3) is 0.562. The van der Waals surface area contributed by atoms with Gasteiger partial charge in [0.25, 0.3) is 5.91 Å². The summed E-state index contributed by atoms with van der Waals surface area (Å²) in [5.41, 5.74) is 0. The number of amides is 1. The first-order valence-corrected chi connectivity index (χ1v) is 7.64. The SMILES string of the molecule is CC1CCCC(CNC(=O)C2COc3ccccc3O2)N1. The number of para-hydroxylation sites is 2. The number of ether oxygens (including phenoxy) is 2. The molecule has 0 saturated carbocycles. The molecule has 3 rings (SSSR count). The van der Waals surface area contributed by atoms with Crippen LogP contribution in [0.3, 0.4) is 0 Å². The second kappa shape index (κ2) is 6.35. The van der Waals surface area contributed by atoms with Gasteiger partial charge in [-0.25, -0.2) is 0 Å². The third-order valence-electron chi connectivity index (χ3n) is 4.03. The number of hydrogen-bond donors (Lipinski definition) is 2. The molecular formula is C16H22N2O3. The molecule has 1 aromatic rings. The van der Waals surface area contributed by atoms with Crippen molar-refractivity contribution in [2.45, 2.75) is 44.4 Å². The van der Waals surface area contributed by atoms with E-state index in [9.17, 15) is 4.79 Å². The van der Waals surface area contributed by atoms with Gasteiger partial charge in [0.1, 0.15) is 6.61 Å². The fourth-order valence-corrected chi connectivity index (χ4v) is 2.89. The van der Waals surface area contributed by atoms with E-state index in [1.54, 1.807) is 0 Å². The van der Waals surface area contributed by atoms with Crippen LogP contribution >= 0.6 is 0 Å². The molecular weight excluding hydrogens is 268 g/mol. The van der Waals surface area contributed by atoms with Crippen LogP contribution in [0.2, 0.25) is 0 Å². The lowest BCUT2D eigenvalue weighted by Gasteiger charge is -2.30. The molecule has 0 bridgehead atoms. The predicted octanol–water partition coefficient (Wildman–Crippen LogP) is 1.47. The maximum atomic E-state index is 12.2. The highest BCUT2D eigenvalue weighted by molar-refractivity contribution is 5.81.